The molecule has 94 valence electrons. The monoisotopic (exact) mass is 305 g/mol. The number of ketones is 1. The molecule has 1 aromatic rings. The summed E-state index contributed by atoms with van der Waals surface area (Å²) in [5, 5.41) is 9.33. The summed E-state index contributed by atoms with van der Waals surface area (Å²) in [5.41, 5.74) is 0.795. The van der Waals surface area contributed by atoms with Crippen molar-refractivity contribution in [2.45, 2.75) is 32.1 Å². The number of rotatable bonds is 3. The number of nitriles is 1. The van der Waals surface area contributed by atoms with E-state index in [1.54, 1.807) is 0 Å². The average molecular weight is 306 g/mol. The summed E-state index contributed by atoms with van der Waals surface area (Å²) in [6, 6.07) is 9.68. The molecule has 1 aliphatic carbocycles. The molecule has 2 rings (SSSR count). The molecule has 3 unspecified atom stereocenters. The van der Waals surface area contributed by atoms with E-state index in [2.05, 4.69) is 28.9 Å². The standard InChI is InChI=1S/C15H16BrNO/c1-10-5-4-7-11(10)15(18)13(9-17)12-6-2-3-8-14(12)16/h2-3,6,8,10-11,13H,4-5,7H2,1H3. The second-order valence-electron chi connectivity index (χ2n) is 5.00. The maximum atomic E-state index is 12.5. The van der Waals surface area contributed by atoms with Crippen molar-refractivity contribution in [1.82, 2.24) is 0 Å². The van der Waals surface area contributed by atoms with Crippen LogP contribution in [0.15, 0.2) is 28.7 Å². The Labute approximate surface area is 116 Å². The topological polar surface area (TPSA) is 40.9 Å². The van der Waals surface area contributed by atoms with Crippen LogP contribution in [0.1, 0.15) is 37.7 Å². The van der Waals surface area contributed by atoms with E-state index in [1.807, 2.05) is 24.3 Å². The Morgan fingerprint density at radius 3 is 2.72 bits per heavy atom. The molecule has 3 heteroatoms. The van der Waals surface area contributed by atoms with Crippen molar-refractivity contribution in [1.29, 1.82) is 5.26 Å². The summed E-state index contributed by atoms with van der Waals surface area (Å²) >= 11 is 3.43. The van der Waals surface area contributed by atoms with Crippen LogP contribution >= 0.6 is 15.9 Å². The molecule has 3 atom stereocenters. The third-order valence-corrected chi connectivity index (χ3v) is 4.58. The minimum Gasteiger partial charge on any atom is -0.298 e. The van der Waals surface area contributed by atoms with Gasteiger partial charge < -0.3 is 0 Å². The first kappa shape index (κ1) is 13.3. The SMILES string of the molecule is CC1CCCC1C(=O)C(C#N)c1ccccc1Br. The molecule has 0 radical (unpaired) electrons. The molecule has 0 aliphatic heterocycles. The van der Waals surface area contributed by atoms with Crippen molar-refractivity contribution in [2.75, 3.05) is 0 Å². The van der Waals surface area contributed by atoms with Gasteiger partial charge in [0.1, 0.15) is 5.92 Å². The van der Waals surface area contributed by atoms with Crippen LogP contribution in [0.3, 0.4) is 0 Å². The Morgan fingerprint density at radius 2 is 2.17 bits per heavy atom. The van der Waals surface area contributed by atoms with Crippen molar-refractivity contribution in [3.05, 3.63) is 34.3 Å². The summed E-state index contributed by atoms with van der Waals surface area (Å²) < 4.78 is 0.843. The van der Waals surface area contributed by atoms with Gasteiger partial charge in [-0.1, -0.05) is 47.5 Å². The van der Waals surface area contributed by atoms with Gasteiger partial charge in [-0.2, -0.15) is 5.26 Å². The Morgan fingerprint density at radius 1 is 1.44 bits per heavy atom. The van der Waals surface area contributed by atoms with E-state index in [0.29, 0.717) is 5.92 Å². The fourth-order valence-electron chi connectivity index (χ4n) is 2.78. The van der Waals surface area contributed by atoms with Gasteiger partial charge in [-0.25, -0.2) is 0 Å². The van der Waals surface area contributed by atoms with Crippen LogP contribution in [0.4, 0.5) is 0 Å². The van der Waals surface area contributed by atoms with Crippen LogP contribution in [0.2, 0.25) is 0 Å². The molecule has 0 bridgehead atoms. The number of nitrogens with zero attached hydrogens (tertiary/aromatic N) is 1. The minimum absolute atomic E-state index is 0.0572. The fraction of sp³-hybridized carbons (Fsp3) is 0.467. The Bertz CT molecular complexity index is 492. The molecular formula is C15H16BrNO. The molecular weight excluding hydrogens is 290 g/mol. The summed E-state index contributed by atoms with van der Waals surface area (Å²) in [6.45, 7) is 2.12. The third-order valence-electron chi connectivity index (χ3n) is 3.86. The number of Topliss-reactive ketones (excluding diaryl/α,β-unsaturated/α-hetero) is 1. The van der Waals surface area contributed by atoms with Gasteiger partial charge in [0, 0.05) is 10.4 Å². The lowest BCUT2D eigenvalue weighted by molar-refractivity contribution is -0.124. The van der Waals surface area contributed by atoms with E-state index in [1.165, 1.54) is 0 Å². The van der Waals surface area contributed by atoms with Gasteiger partial charge in [-0.15, -0.1) is 0 Å². The van der Waals surface area contributed by atoms with E-state index in [9.17, 15) is 10.1 Å². The summed E-state index contributed by atoms with van der Waals surface area (Å²) in [5.74, 6) is -0.0712. The van der Waals surface area contributed by atoms with Crippen molar-refractivity contribution >= 4 is 21.7 Å². The van der Waals surface area contributed by atoms with Crippen LogP contribution in [0.5, 0.6) is 0 Å². The molecule has 0 N–H and O–H groups in total. The molecule has 0 amide bonds. The number of halogens is 1. The number of hydrogen-bond donors (Lipinski definition) is 0. The number of hydrogen-bond acceptors (Lipinski definition) is 2. The second-order valence-corrected chi connectivity index (χ2v) is 5.86. The summed E-state index contributed by atoms with van der Waals surface area (Å²) in [4.78, 5) is 12.5. The molecule has 1 aliphatic rings. The van der Waals surface area contributed by atoms with Crippen LogP contribution in [0, 0.1) is 23.2 Å². The first-order valence-electron chi connectivity index (χ1n) is 6.33. The second kappa shape index (κ2) is 5.67. The van der Waals surface area contributed by atoms with Crippen LogP contribution in [-0.2, 0) is 4.79 Å². The van der Waals surface area contributed by atoms with E-state index in [4.69, 9.17) is 0 Å². The smallest absolute Gasteiger partial charge is 0.157 e. The van der Waals surface area contributed by atoms with Gasteiger partial charge >= 0.3 is 0 Å². The predicted octanol–water partition coefficient (Wildman–Crippen LogP) is 4.06. The molecule has 18 heavy (non-hydrogen) atoms. The molecule has 1 fully saturated rings. The Hall–Kier alpha value is -1.14. The third kappa shape index (κ3) is 2.49. The zero-order valence-electron chi connectivity index (χ0n) is 10.4. The highest BCUT2D eigenvalue weighted by molar-refractivity contribution is 9.10. The molecule has 1 saturated carbocycles. The predicted molar refractivity (Wildman–Crippen MR) is 74.0 cm³/mol. The van der Waals surface area contributed by atoms with E-state index in [-0.39, 0.29) is 11.7 Å². The first-order valence-corrected chi connectivity index (χ1v) is 7.12. The van der Waals surface area contributed by atoms with E-state index >= 15 is 0 Å². The number of carbonyl (C=O) groups is 1. The van der Waals surface area contributed by atoms with Gasteiger partial charge in [-0.3, -0.25) is 4.79 Å². The van der Waals surface area contributed by atoms with Crippen molar-refractivity contribution < 1.29 is 4.79 Å². The number of benzene rings is 1. The van der Waals surface area contributed by atoms with E-state index < -0.39 is 5.92 Å². The molecule has 0 aromatic heterocycles. The molecule has 1 aromatic carbocycles. The maximum absolute atomic E-state index is 12.5. The highest BCUT2D eigenvalue weighted by atomic mass is 79.9. The van der Waals surface area contributed by atoms with Gasteiger partial charge in [0.05, 0.1) is 6.07 Å². The quantitative estimate of drug-likeness (QED) is 0.845. The van der Waals surface area contributed by atoms with E-state index in [0.717, 1.165) is 29.3 Å². The highest BCUT2D eigenvalue weighted by Gasteiger charge is 2.35. The lowest BCUT2D eigenvalue weighted by Gasteiger charge is -2.18. The van der Waals surface area contributed by atoms with Crippen LogP contribution in [0.25, 0.3) is 0 Å². The first-order chi connectivity index (χ1) is 8.65. The lowest BCUT2D eigenvalue weighted by atomic mass is 9.83. The summed E-state index contributed by atoms with van der Waals surface area (Å²) in [7, 11) is 0. The Balaban J connectivity index is 2.27. The highest BCUT2D eigenvalue weighted by Crippen LogP contribution is 2.37. The van der Waals surface area contributed by atoms with Crippen LogP contribution in [-0.4, -0.2) is 5.78 Å². The van der Waals surface area contributed by atoms with Gasteiger partial charge in [-0.05, 0) is 30.4 Å². The zero-order chi connectivity index (χ0) is 13.1. The van der Waals surface area contributed by atoms with Gasteiger partial charge in [0.25, 0.3) is 0 Å². The van der Waals surface area contributed by atoms with Crippen LogP contribution < -0.4 is 0 Å². The van der Waals surface area contributed by atoms with Crippen molar-refractivity contribution in [3.63, 3.8) is 0 Å². The average Bonchev–Trinajstić information content (AvgIpc) is 2.78. The number of carbonyl (C=O) groups excluding carboxylic acids is 1. The fourth-order valence-corrected chi connectivity index (χ4v) is 3.29. The molecule has 0 saturated heterocycles. The molecule has 0 spiro atoms. The molecule has 2 nitrogen and oxygen atoms in total. The van der Waals surface area contributed by atoms with Crippen molar-refractivity contribution in [2.24, 2.45) is 11.8 Å². The van der Waals surface area contributed by atoms with Gasteiger partial charge in [0.2, 0.25) is 0 Å². The van der Waals surface area contributed by atoms with Crippen molar-refractivity contribution in [3.8, 4) is 6.07 Å². The normalized spacial score (nSPS) is 24.5. The van der Waals surface area contributed by atoms with Gasteiger partial charge in [0.15, 0.2) is 5.78 Å². The summed E-state index contributed by atoms with van der Waals surface area (Å²) in [6.07, 6.45) is 3.14. The zero-order valence-corrected chi connectivity index (χ0v) is 12.0. The maximum Gasteiger partial charge on any atom is 0.157 e. The largest absolute Gasteiger partial charge is 0.298 e. The lowest BCUT2D eigenvalue weighted by Crippen LogP contribution is -2.23. The minimum atomic E-state index is -0.633. The molecule has 0 heterocycles. The Kier molecular flexibility index (Phi) is 4.19.